The number of unbranched alkanes of at least 4 members (excludes halogenated alkanes) is 33. The van der Waals surface area contributed by atoms with Crippen LogP contribution in [0.4, 0.5) is 0 Å². The second-order valence-electron chi connectivity index (χ2n) is 17.1. The molecule has 0 spiro atoms. The third-order valence-corrected chi connectivity index (χ3v) is 11.4. The van der Waals surface area contributed by atoms with Crippen LogP contribution in [0.5, 0.6) is 0 Å². The van der Waals surface area contributed by atoms with Gasteiger partial charge in [-0.05, 0) is 58.3 Å². The number of ether oxygens (including phenoxy) is 3. The maximum atomic E-state index is 13.2. The molecule has 6 heteroatoms. The second-order valence-corrected chi connectivity index (χ2v) is 17.1. The zero-order valence-corrected chi connectivity index (χ0v) is 38.5. The molecule has 0 aliphatic heterocycles. The van der Waals surface area contributed by atoms with E-state index in [0.29, 0.717) is 19.4 Å². The number of hydrogen-bond donors (Lipinski definition) is 0. The van der Waals surface area contributed by atoms with E-state index in [-0.39, 0.29) is 5.97 Å². The number of carbonyl (C=O) groups excluding carboxylic acids is 3. The summed E-state index contributed by atoms with van der Waals surface area (Å²) in [7, 11) is 0. The molecule has 0 aliphatic carbocycles. The summed E-state index contributed by atoms with van der Waals surface area (Å²) in [5.41, 5.74) is 0. The van der Waals surface area contributed by atoms with E-state index in [2.05, 4.69) is 32.9 Å². The van der Waals surface area contributed by atoms with Gasteiger partial charge in [-0.3, -0.25) is 4.79 Å². The first-order chi connectivity index (χ1) is 28.0. The van der Waals surface area contributed by atoms with Crippen molar-refractivity contribution < 1.29 is 28.6 Å². The molecule has 0 aromatic carbocycles. The van der Waals surface area contributed by atoms with Crippen LogP contribution in [0.25, 0.3) is 0 Å². The van der Waals surface area contributed by atoms with Crippen LogP contribution in [0.2, 0.25) is 0 Å². The first-order valence-electron chi connectivity index (χ1n) is 25.2. The standard InChI is InChI=1S/C51H96O6/c1-5-8-11-14-17-20-23-26-28-29-32-35-38-41-44-48(57-49(52)45-42-39-36-33-30-27-24-21-18-15-12-9-6-2)51(54)56-47(4)50(53)55-46-43-40-37-34-31-25-22-19-16-13-10-7-3/h26,28,47-48H,5-25,27,29-46H2,1-4H3/b28-26-. The topological polar surface area (TPSA) is 78.9 Å². The van der Waals surface area contributed by atoms with E-state index in [1.165, 1.54) is 167 Å². The summed E-state index contributed by atoms with van der Waals surface area (Å²) in [6.07, 6.45) is 48.6. The van der Waals surface area contributed by atoms with E-state index >= 15 is 0 Å². The predicted octanol–water partition coefficient (Wildman–Crippen LogP) is 16.2. The fourth-order valence-electron chi connectivity index (χ4n) is 7.48. The maximum absolute atomic E-state index is 13.2. The lowest BCUT2D eigenvalue weighted by atomic mass is 10.0. The summed E-state index contributed by atoms with van der Waals surface area (Å²) in [6.45, 7) is 8.67. The Kier molecular flexibility index (Phi) is 43.8. The largest absolute Gasteiger partial charge is 0.463 e. The molecule has 2 unspecified atom stereocenters. The summed E-state index contributed by atoms with van der Waals surface area (Å²) < 4.78 is 16.7. The zero-order chi connectivity index (χ0) is 41.7. The number of esters is 3. The highest BCUT2D eigenvalue weighted by atomic mass is 16.6. The number of carbonyl (C=O) groups is 3. The Labute approximate surface area is 354 Å². The molecule has 0 fully saturated rings. The quantitative estimate of drug-likeness (QED) is 0.0264. The molecule has 0 aromatic rings. The monoisotopic (exact) mass is 805 g/mol. The van der Waals surface area contributed by atoms with Crippen LogP contribution >= 0.6 is 0 Å². The molecule has 2 atom stereocenters. The predicted molar refractivity (Wildman–Crippen MR) is 243 cm³/mol. The van der Waals surface area contributed by atoms with Crippen LogP contribution in [0.3, 0.4) is 0 Å². The molecule has 57 heavy (non-hydrogen) atoms. The summed E-state index contributed by atoms with van der Waals surface area (Å²) in [5, 5.41) is 0. The van der Waals surface area contributed by atoms with Gasteiger partial charge in [0.25, 0.3) is 0 Å². The Morgan fingerprint density at radius 1 is 0.404 bits per heavy atom. The van der Waals surface area contributed by atoms with E-state index < -0.39 is 24.1 Å². The third kappa shape index (κ3) is 40.7. The highest BCUT2D eigenvalue weighted by molar-refractivity contribution is 5.83. The molecule has 0 rings (SSSR count). The van der Waals surface area contributed by atoms with Gasteiger partial charge in [-0.15, -0.1) is 0 Å². The van der Waals surface area contributed by atoms with E-state index in [4.69, 9.17) is 14.2 Å². The van der Waals surface area contributed by atoms with Crippen LogP contribution in [-0.2, 0) is 28.6 Å². The van der Waals surface area contributed by atoms with Gasteiger partial charge in [0.2, 0.25) is 0 Å². The molecule has 0 saturated heterocycles. The van der Waals surface area contributed by atoms with Gasteiger partial charge < -0.3 is 14.2 Å². The number of allylic oxidation sites excluding steroid dienone is 2. The maximum Gasteiger partial charge on any atom is 0.348 e. The van der Waals surface area contributed by atoms with Crippen molar-refractivity contribution in [1.29, 1.82) is 0 Å². The van der Waals surface area contributed by atoms with Crippen LogP contribution in [0.1, 0.15) is 278 Å². The first kappa shape index (κ1) is 55.2. The molecule has 6 nitrogen and oxygen atoms in total. The Morgan fingerprint density at radius 3 is 1.18 bits per heavy atom. The Balaban J connectivity index is 4.48. The first-order valence-corrected chi connectivity index (χ1v) is 25.2. The zero-order valence-electron chi connectivity index (χ0n) is 38.5. The van der Waals surface area contributed by atoms with Crippen molar-refractivity contribution in [1.82, 2.24) is 0 Å². The van der Waals surface area contributed by atoms with Gasteiger partial charge in [-0.1, -0.05) is 226 Å². The molecule has 0 amide bonds. The molecular weight excluding hydrogens is 709 g/mol. The normalized spacial score (nSPS) is 12.6. The average molecular weight is 805 g/mol. The Bertz CT molecular complexity index is 900. The van der Waals surface area contributed by atoms with Gasteiger partial charge in [0, 0.05) is 6.42 Å². The van der Waals surface area contributed by atoms with Gasteiger partial charge in [0.1, 0.15) is 0 Å². The highest BCUT2D eigenvalue weighted by Gasteiger charge is 2.28. The SMILES string of the molecule is CCCCCCCC/C=C\CCCCCCC(OC(=O)CCCCCCCCCCCCCCC)C(=O)OC(C)C(=O)OCCCCCCCCCCCCCC. The van der Waals surface area contributed by atoms with Gasteiger partial charge in [0.05, 0.1) is 6.61 Å². The minimum Gasteiger partial charge on any atom is -0.463 e. The smallest absolute Gasteiger partial charge is 0.348 e. The van der Waals surface area contributed by atoms with Crippen molar-refractivity contribution in [2.75, 3.05) is 6.61 Å². The summed E-state index contributed by atoms with van der Waals surface area (Å²) in [4.78, 5) is 38.7. The summed E-state index contributed by atoms with van der Waals surface area (Å²) >= 11 is 0. The molecule has 0 saturated carbocycles. The Hall–Kier alpha value is -1.85. The molecular formula is C51H96O6. The lowest BCUT2D eigenvalue weighted by Gasteiger charge is -2.19. The molecule has 336 valence electrons. The Morgan fingerprint density at radius 2 is 0.754 bits per heavy atom. The van der Waals surface area contributed by atoms with Crippen molar-refractivity contribution >= 4 is 17.9 Å². The summed E-state index contributed by atoms with van der Waals surface area (Å²) in [6, 6.07) is 0. The second kappa shape index (κ2) is 45.2. The van der Waals surface area contributed by atoms with Crippen LogP contribution in [0.15, 0.2) is 12.2 Å². The van der Waals surface area contributed by atoms with Gasteiger partial charge >= 0.3 is 17.9 Å². The molecule has 0 bridgehead atoms. The van der Waals surface area contributed by atoms with E-state index in [1.807, 2.05) is 0 Å². The van der Waals surface area contributed by atoms with Crippen LogP contribution in [-0.4, -0.2) is 36.7 Å². The minimum absolute atomic E-state index is 0.309. The fourth-order valence-corrected chi connectivity index (χ4v) is 7.48. The minimum atomic E-state index is -1.03. The van der Waals surface area contributed by atoms with E-state index in [9.17, 15) is 14.4 Å². The van der Waals surface area contributed by atoms with Crippen LogP contribution < -0.4 is 0 Å². The highest BCUT2D eigenvalue weighted by Crippen LogP contribution is 2.17. The number of rotatable bonds is 45. The third-order valence-electron chi connectivity index (χ3n) is 11.4. The van der Waals surface area contributed by atoms with Crippen molar-refractivity contribution in [3.05, 3.63) is 12.2 Å². The molecule has 0 aliphatic rings. The molecule has 0 heterocycles. The molecule has 0 N–H and O–H groups in total. The van der Waals surface area contributed by atoms with Gasteiger partial charge in [0.15, 0.2) is 12.2 Å². The fraction of sp³-hybridized carbons (Fsp3) is 0.902. The van der Waals surface area contributed by atoms with Crippen molar-refractivity contribution in [3.8, 4) is 0 Å². The summed E-state index contributed by atoms with van der Waals surface area (Å²) in [5.74, 6) is -1.52. The lowest BCUT2D eigenvalue weighted by Crippen LogP contribution is -2.35. The number of hydrogen-bond acceptors (Lipinski definition) is 6. The molecule has 0 radical (unpaired) electrons. The lowest BCUT2D eigenvalue weighted by molar-refractivity contribution is -0.178. The van der Waals surface area contributed by atoms with Crippen molar-refractivity contribution in [2.45, 2.75) is 290 Å². The van der Waals surface area contributed by atoms with Gasteiger partial charge in [-0.2, -0.15) is 0 Å². The molecule has 0 aromatic heterocycles. The van der Waals surface area contributed by atoms with Crippen molar-refractivity contribution in [2.24, 2.45) is 0 Å². The van der Waals surface area contributed by atoms with Gasteiger partial charge in [-0.25, -0.2) is 9.59 Å². The van der Waals surface area contributed by atoms with Crippen molar-refractivity contribution in [3.63, 3.8) is 0 Å². The van der Waals surface area contributed by atoms with E-state index in [0.717, 1.165) is 70.6 Å². The average Bonchev–Trinajstić information content (AvgIpc) is 3.20. The van der Waals surface area contributed by atoms with Crippen LogP contribution in [0, 0.1) is 0 Å². The van der Waals surface area contributed by atoms with E-state index in [1.54, 1.807) is 6.92 Å².